The van der Waals surface area contributed by atoms with Gasteiger partial charge in [-0.05, 0) is 38.1 Å². The normalized spacial score (nSPS) is 24.1. The second-order valence-electron chi connectivity index (χ2n) is 9.46. The van der Waals surface area contributed by atoms with Gasteiger partial charge in [-0.15, -0.1) is 0 Å². The van der Waals surface area contributed by atoms with E-state index in [4.69, 9.17) is 33.5 Å². The first-order chi connectivity index (χ1) is 18.7. The van der Waals surface area contributed by atoms with Crippen LogP contribution in [0.4, 0.5) is 5.95 Å². The molecule has 0 aliphatic carbocycles. The summed E-state index contributed by atoms with van der Waals surface area (Å²) in [5, 5.41) is 0. The molecular formula is C25H26N5O8P. The van der Waals surface area contributed by atoms with Gasteiger partial charge in [-0.25, -0.2) is 9.55 Å². The molecule has 0 bridgehead atoms. The van der Waals surface area contributed by atoms with Gasteiger partial charge < -0.3 is 29.0 Å². The highest BCUT2D eigenvalue weighted by molar-refractivity contribution is 7.49. The van der Waals surface area contributed by atoms with Crippen LogP contribution in [-0.2, 0) is 23.3 Å². The Morgan fingerprint density at radius 3 is 2.28 bits per heavy atom. The number of rotatable bonds is 8. The number of ether oxygens (including phenoxy) is 3. The summed E-state index contributed by atoms with van der Waals surface area (Å²) < 4.78 is 51.2. The second kappa shape index (κ2) is 9.78. The van der Waals surface area contributed by atoms with Crippen molar-refractivity contribution in [2.75, 3.05) is 12.3 Å². The third kappa shape index (κ3) is 5.14. The number of para-hydroxylation sites is 2. The van der Waals surface area contributed by atoms with E-state index >= 15 is 0 Å². The van der Waals surface area contributed by atoms with Gasteiger partial charge in [-0.1, -0.05) is 36.4 Å². The molecule has 39 heavy (non-hydrogen) atoms. The van der Waals surface area contributed by atoms with Crippen molar-refractivity contribution in [2.24, 2.45) is 0 Å². The number of nitrogens with one attached hydrogen (secondary N) is 1. The van der Waals surface area contributed by atoms with Crippen molar-refractivity contribution in [2.45, 2.75) is 44.2 Å². The maximum atomic E-state index is 13.8. The molecule has 0 amide bonds. The zero-order valence-corrected chi connectivity index (χ0v) is 21.9. The number of imidazole rings is 1. The van der Waals surface area contributed by atoms with Crippen LogP contribution in [0.1, 0.15) is 20.1 Å². The fraction of sp³-hybridized carbons (Fsp3) is 0.320. The highest BCUT2D eigenvalue weighted by Gasteiger charge is 2.56. The molecule has 2 aliphatic heterocycles. The Hall–Kier alpha value is -3.74. The van der Waals surface area contributed by atoms with E-state index in [0.717, 1.165) is 0 Å². The van der Waals surface area contributed by atoms with Crippen molar-refractivity contribution < 1.29 is 32.3 Å². The quantitative estimate of drug-likeness (QED) is 0.307. The van der Waals surface area contributed by atoms with E-state index in [2.05, 4.69) is 15.0 Å². The zero-order valence-electron chi connectivity index (χ0n) is 21.0. The van der Waals surface area contributed by atoms with Gasteiger partial charge in [0.05, 0.1) is 12.9 Å². The number of nitrogen functional groups attached to an aromatic ring is 1. The fourth-order valence-corrected chi connectivity index (χ4v) is 5.84. The summed E-state index contributed by atoms with van der Waals surface area (Å²) in [4.78, 5) is 23.1. The van der Waals surface area contributed by atoms with E-state index < -0.39 is 43.7 Å². The van der Waals surface area contributed by atoms with E-state index in [1.165, 1.54) is 6.33 Å². The predicted molar refractivity (Wildman–Crippen MR) is 138 cm³/mol. The maximum absolute atomic E-state index is 13.8. The Labute approximate surface area is 222 Å². The molecule has 2 aliphatic rings. The Bertz CT molecular complexity index is 1530. The summed E-state index contributed by atoms with van der Waals surface area (Å²) in [5.41, 5.74) is 5.61. The lowest BCUT2D eigenvalue weighted by molar-refractivity contribution is -0.199. The maximum Gasteiger partial charge on any atom is 0.587 e. The number of hydrogen-bond acceptors (Lipinski definition) is 11. The van der Waals surface area contributed by atoms with Crippen LogP contribution >= 0.6 is 7.82 Å². The number of H-pyrrole nitrogens is 1. The topological polar surface area (TPSA) is 162 Å². The summed E-state index contributed by atoms with van der Waals surface area (Å²) in [6.07, 6.45) is -1.38. The number of phosphoric acid groups is 1. The van der Waals surface area contributed by atoms with Crippen molar-refractivity contribution in [3.8, 4) is 11.5 Å². The number of benzene rings is 2. The molecular weight excluding hydrogens is 529 g/mol. The van der Waals surface area contributed by atoms with Gasteiger partial charge in [0.1, 0.15) is 29.8 Å². The molecule has 6 rings (SSSR count). The number of anilines is 1. The Morgan fingerprint density at radius 1 is 1.03 bits per heavy atom. The molecule has 4 heterocycles. The lowest BCUT2D eigenvalue weighted by Gasteiger charge is -2.25. The molecule has 0 unspecified atom stereocenters. The van der Waals surface area contributed by atoms with Gasteiger partial charge in [0, 0.05) is 0 Å². The molecule has 204 valence electrons. The average Bonchev–Trinajstić information content (AvgIpc) is 3.55. The highest BCUT2D eigenvalue weighted by atomic mass is 31.2. The number of nitrogens with two attached hydrogens (primary N) is 1. The molecule has 2 saturated heterocycles. The highest BCUT2D eigenvalue weighted by Crippen LogP contribution is 2.51. The molecule has 13 nitrogen and oxygen atoms in total. The van der Waals surface area contributed by atoms with Crippen LogP contribution in [0.5, 0.6) is 11.5 Å². The minimum absolute atomic E-state index is 0.0651. The number of aromatic nitrogens is 4. The van der Waals surface area contributed by atoms with Gasteiger partial charge in [0.15, 0.2) is 23.2 Å². The van der Waals surface area contributed by atoms with Crippen LogP contribution in [0, 0.1) is 0 Å². The summed E-state index contributed by atoms with van der Waals surface area (Å²) >= 11 is 0. The molecule has 0 saturated carbocycles. The lowest BCUT2D eigenvalue weighted by atomic mass is 10.1. The fourth-order valence-electron chi connectivity index (χ4n) is 4.60. The molecule has 14 heteroatoms. The van der Waals surface area contributed by atoms with Gasteiger partial charge in [0.2, 0.25) is 5.95 Å². The second-order valence-corrected chi connectivity index (χ2v) is 11.0. The van der Waals surface area contributed by atoms with Crippen molar-refractivity contribution in [3.63, 3.8) is 0 Å². The Kier molecular flexibility index (Phi) is 6.40. The summed E-state index contributed by atoms with van der Waals surface area (Å²) in [5.74, 6) is -0.397. The van der Waals surface area contributed by atoms with E-state index in [9.17, 15) is 9.36 Å². The van der Waals surface area contributed by atoms with Crippen LogP contribution in [-0.4, -0.2) is 50.2 Å². The summed E-state index contributed by atoms with van der Waals surface area (Å²) in [7, 11) is -4.19. The van der Waals surface area contributed by atoms with Crippen LogP contribution in [0.3, 0.4) is 0 Å². The van der Waals surface area contributed by atoms with E-state index in [1.807, 2.05) is 0 Å². The molecule has 2 fully saturated rings. The predicted octanol–water partition coefficient (Wildman–Crippen LogP) is 3.40. The number of nitrogens with zero attached hydrogens (tertiary/aromatic N) is 3. The standard InChI is InChI=1S/C25H26N5O8P/c1-25(2)35-19-17(34-23(20(19)36-25)30-14-27-18-21(30)28-24(26)29-22(18)31)13-33-39(32,37-15-9-5-3-6-10-15)38-16-11-7-4-8-12-16/h3-12,14,17,19-20,23H,13H2,1-2H3,(H3,26,28,29,31)/t17-,19-,20-,23-/m1/s1. The molecule has 4 atom stereocenters. The smallest absolute Gasteiger partial charge is 0.395 e. The third-order valence-corrected chi connectivity index (χ3v) is 7.50. The van der Waals surface area contributed by atoms with Crippen molar-refractivity contribution in [1.29, 1.82) is 0 Å². The average molecular weight is 555 g/mol. The molecule has 4 aromatic rings. The Morgan fingerprint density at radius 2 is 1.64 bits per heavy atom. The first-order valence-electron chi connectivity index (χ1n) is 12.2. The lowest BCUT2D eigenvalue weighted by Crippen LogP contribution is -2.33. The number of fused-ring (bicyclic) bond motifs is 2. The van der Waals surface area contributed by atoms with Crippen molar-refractivity contribution in [1.82, 2.24) is 19.5 Å². The first-order valence-corrected chi connectivity index (χ1v) is 13.6. The SMILES string of the molecule is CC1(C)O[C@@H]2[C@H](O1)[C@@H](COP(=O)(Oc1ccccc1)Oc1ccccc1)O[C@H]2n1cnc2c(=O)[nH]c(N)nc21. The van der Waals surface area contributed by atoms with Gasteiger partial charge in [-0.2, -0.15) is 4.98 Å². The van der Waals surface area contributed by atoms with Gasteiger partial charge >= 0.3 is 7.82 Å². The monoisotopic (exact) mass is 555 g/mol. The molecule has 2 aromatic heterocycles. The van der Waals surface area contributed by atoms with Crippen LogP contribution in [0.2, 0.25) is 0 Å². The van der Waals surface area contributed by atoms with Crippen LogP contribution in [0.15, 0.2) is 71.8 Å². The third-order valence-electron chi connectivity index (χ3n) is 6.17. The number of hydrogen-bond donors (Lipinski definition) is 2. The number of phosphoric ester groups is 1. The van der Waals surface area contributed by atoms with Gasteiger partial charge in [0.25, 0.3) is 5.56 Å². The summed E-state index contributed by atoms with van der Waals surface area (Å²) in [6.45, 7) is 3.32. The summed E-state index contributed by atoms with van der Waals surface area (Å²) in [6, 6.07) is 17.1. The van der Waals surface area contributed by atoms with Crippen LogP contribution in [0.25, 0.3) is 11.2 Å². The largest absolute Gasteiger partial charge is 0.587 e. The van der Waals surface area contributed by atoms with Crippen molar-refractivity contribution >= 4 is 24.9 Å². The first kappa shape index (κ1) is 25.5. The van der Waals surface area contributed by atoms with Crippen molar-refractivity contribution in [3.05, 3.63) is 77.3 Å². The Balaban J connectivity index is 1.28. The van der Waals surface area contributed by atoms with E-state index in [1.54, 1.807) is 79.1 Å². The van der Waals surface area contributed by atoms with E-state index in [-0.39, 0.29) is 23.7 Å². The minimum atomic E-state index is -4.19. The minimum Gasteiger partial charge on any atom is -0.395 e. The van der Waals surface area contributed by atoms with E-state index in [0.29, 0.717) is 11.5 Å². The zero-order chi connectivity index (χ0) is 27.2. The van der Waals surface area contributed by atoms with Gasteiger partial charge in [-0.3, -0.25) is 18.9 Å². The molecule has 2 aromatic carbocycles. The number of aromatic amines is 1. The van der Waals surface area contributed by atoms with Crippen LogP contribution < -0.4 is 20.3 Å². The molecule has 0 radical (unpaired) electrons. The molecule has 0 spiro atoms. The molecule has 3 N–H and O–H groups in total.